The standard InChI is InChI=1S/C16H23NO2/c1-19-14-7-4-6-13(12-14)16(18)9-5-11-17-10-3-2-8-15(16)17/h4,6-7,12,15,18H,2-3,5,8-11H2,1H3/t15?,16-/m1/s1. The first kappa shape index (κ1) is 12.9. The van der Waals surface area contributed by atoms with Gasteiger partial charge in [0, 0.05) is 6.04 Å². The average Bonchev–Trinajstić information content (AvgIpc) is 2.48. The van der Waals surface area contributed by atoms with E-state index in [0.717, 1.165) is 43.7 Å². The Morgan fingerprint density at radius 3 is 2.95 bits per heavy atom. The summed E-state index contributed by atoms with van der Waals surface area (Å²) in [4.78, 5) is 2.48. The van der Waals surface area contributed by atoms with Crippen LogP contribution < -0.4 is 4.74 Å². The molecule has 2 heterocycles. The molecular formula is C16H23NO2. The molecule has 1 aromatic rings. The van der Waals surface area contributed by atoms with E-state index in [1.165, 1.54) is 12.8 Å². The molecule has 3 heteroatoms. The molecule has 0 aliphatic carbocycles. The number of benzene rings is 1. The zero-order valence-electron chi connectivity index (χ0n) is 11.6. The molecule has 1 N–H and O–H groups in total. The zero-order valence-corrected chi connectivity index (χ0v) is 11.6. The number of rotatable bonds is 2. The van der Waals surface area contributed by atoms with E-state index in [0.29, 0.717) is 0 Å². The molecule has 0 spiro atoms. The maximum absolute atomic E-state index is 11.3. The van der Waals surface area contributed by atoms with Gasteiger partial charge in [-0.15, -0.1) is 0 Å². The van der Waals surface area contributed by atoms with E-state index in [2.05, 4.69) is 4.90 Å². The summed E-state index contributed by atoms with van der Waals surface area (Å²) in [5.41, 5.74) is 0.316. The van der Waals surface area contributed by atoms with Gasteiger partial charge in [-0.25, -0.2) is 0 Å². The lowest BCUT2D eigenvalue weighted by Crippen LogP contribution is -2.56. The Kier molecular flexibility index (Phi) is 3.50. The molecule has 2 aliphatic heterocycles. The van der Waals surface area contributed by atoms with Gasteiger partial charge in [-0.2, -0.15) is 0 Å². The predicted octanol–water partition coefficient (Wildman–Crippen LogP) is 2.53. The summed E-state index contributed by atoms with van der Waals surface area (Å²) in [6.45, 7) is 2.27. The Hall–Kier alpha value is -1.06. The van der Waals surface area contributed by atoms with Crippen LogP contribution in [0.5, 0.6) is 5.75 Å². The fourth-order valence-corrected chi connectivity index (χ4v) is 3.75. The van der Waals surface area contributed by atoms with Gasteiger partial charge < -0.3 is 9.84 Å². The number of hydrogen-bond acceptors (Lipinski definition) is 3. The van der Waals surface area contributed by atoms with E-state index in [1.807, 2.05) is 24.3 Å². The molecule has 104 valence electrons. The van der Waals surface area contributed by atoms with Gasteiger partial charge in [0.15, 0.2) is 0 Å². The van der Waals surface area contributed by atoms with Crippen molar-refractivity contribution in [2.75, 3.05) is 20.2 Å². The minimum Gasteiger partial charge on any atom is -0.497 e. The van der Waals surface area contributed by atoms with E-state index < -0.39 is 5.60 Å². The van der Waals surface area contributed by atoms with Gasteiger partial charge in [0.25, 0.3) is 0 Å². The zero-order chi connectivity index (χ0) is 13.3. The number of aliphatic hydroxyl groups is 1. The lowest BCUT2D eigenvalue weighted by atomic mass is 9.75. The topological polar surface area (TPSA) is 32.7 Å². The van der Waals surface area contributed by atoms with Crippen LogP contribution in [0.2, 0.25) is 0 Å². The summed E-state index contributed by atoms with van der Waals surface area (Å²) in [5.74, 6) is 0.832. The van der Waals surface area contributed by atoms with Gasteiger partial charge in [-0.3, -0.25) is 4.90 Å². The van der Waals surface area contributed by atoms with Crippen molar-refractivity contribution in [3.8, 4) is 5.75 Å². The highest BCUT2D eigenvalue weighted by Gasteiger charge is 2.45. The van der Waals surface area contributed by atoms with Gasteiger partial charge in [0.2, 0.25) is 0 Å². The fourth-order valence-electron chi connectivity index (χ4n) is 3.75. The molecule has 1 unspecified atom stereocenters. The third-order valence-corrected chi connectivity index (χ3v) is 4.74. The normalized spacial score (nSPS) is 31.8. The number of ether oxygens (including phenoxy) is 1. The van der Waals surface area contributed by atoms with Crippen molar-refractivity contribution in [3.05, 3.63) is 29.8 Å². The van der Waals surface area contributed by atoms with Crippen LogP contribution in [0.4, 0.5) is 0 Å². The van der Waals surface area contributed by atoms with Crippen LogP contribution in [0.1, 0.15) is 37.7 Å². The van der Waals surface area contributed by atoms with E-state index in [-0.39, 0.29) is 6.04 Å². The van der Waals surface area contributed by atoms with Crippen LogP contribution in [0.3, 0.4) is 0 Å². The Labute approximate surface area is 115 Å². The van der Waals surface area contributed by atoms with Crippen molar-refractivity contribution in [2.45, 2.75) is 43.7 Å². The molecule has 0 saturated carbocycles. The van der Waals surface area contributed by atoms with E-state index in [1.54, 1.807) is 7.11 Å². The van der Waals surface area contributed by atoms with E-state index in [4.69, 9.17) is 4.74 Å². The molecular weight excluding hydrogens is 238 g/mol. The summed E-state index contributed by atoms with van der Waals surface area (Å²) in [5, 5.41) is 11.3. The quantitative estimate of drug-likeness (QED) is 0.888. The summed E-state index contributed by atoms with van der Waals surface area (Å²) in [6.07, 6.45) is 5.54. The molecule has 3 nitrogen and oxygen atoms in total. The monoisotopic (exact) mass is 261 g/mol. The number of fused-ring (bicyclic) bond motifs is 1. The lowest BCUT2D eigenvalue weighted by molar-refractivity contribution is -0.0996. The molecule has 3 rings (SSSR count). The first-order chi connectivity index (χ1) is 9.24. The molecule has 0 amide bonds. The summed E-state index contributed by atoms with van der Waals surface area (Å²) < 4.78 is 5.30. The van der Waals surface area contributed by atoms with Crippen LogP contribution in [0, 0.1) is 0 Å². The highest BCUT2D eigenvalue weighted by atomic mass is 16.5. The highest BCUT2D eigenvalue weighted by Crippen LogP contribution is 2.41. The molecule has 2 aliphatic rings. The third kappa shape index (κ3) is 2.26. The van der Waals surface area contributed by atoms with Crippen LogP contribution >= 0.6 is 0 Å². The number of nitrogens with zero attached hydrogens (tertiary/aromatic N) is 1. The van der Waals surface area contributed by atoms with Crippen molar-refractivity contribution in [1.29, 1.82) is 0 Å². The summed E-state index contributed by atoms with van der Waals surface area (Å²) in [6, 6.07) is 8.24. The second kappa shape index (κ2) is 5.14. The smallest absolute Gasteiger partial charge is 0.119 e. The molecule has 19 heavy (non-hydrogen) atoms. The summed E-state index contributed by atoms with van der Waals surface area (Å²) in [7, 11) is 1.68. The minimum atomic E-state index is -0.701. The van der Waals surface area contributed by atoms with Crippen molar-refractivity contribution >= 4 is 0 Å². The Balaban J connectivity index is 1.94. The Morgan fingerprint density at radius 1 is 1.26 bits per heavy atom. The second-order valence-corrected chi connectivity index (χ2v) is 5.81. The maximum Gasteiger partial charge on any atom is 0.119 e. The summed E-state index contributed by atoms with van der Waals surface area (Å²) >= 11 is 0. The Bertz CT molecular complexity index is 446. The van der Waals surface area contributed by atoms with Crippen LogP contribution in [0.15, 0.2) is 24.3 Å². The SMILES string of the molecule is COc1cccc([C@]2(O)CCCN3CCCCC32)c1. The van der Waals surface area contributed by atoms with Gasteiger partial charge in [-0.1, -0.05) is 18.6 Å². The molecule has 0 aromatic heterocycles. The minimum absolute atomic E-state index is 0.280. The molecule has 0 bridgehead atoms. The maximum atomic E-state index is 11.3. The first-order valence-electron chi connectivity index (χ1n) is 7.35. The van der Waals surface area contributed by atoms with Crippen molar-refractivity contribution in [2.24, 2.45) is 0 Å². The van der Waals surface area contributed by atoms with Crippen LogP contribution in [0.25, 0.3) is 0 Å². The van der Waals surface area contributed by atoms with Gasteiger partial charge in [0.1, 0.15) is 11.4 Å². The third-order valence-electron chi connectivity index (χ3n) is 4.74. The highest BCUT2D eigenvalue weighted by molar-refractivity contribution is 5.34. The van der Waals surface area contributed by atoms with Crippen molar-refractivity contribution < 1.29 is 9.84 Å². The van der Waals surface area contributed by atoms with Crippen LogP contribution in [-0.4, -0.2) is 36.2 Å². The predicted molar refractivity (Wildman–Crippen MR) is 75.3 cm³/mol. The van der Waals surface area contributed by atoms with E-state index in [9.17, 15) is 5.11 Å². The van der Waals surface area contributed by atoms with Gasteiger partial charge in [0.05, 0.1) is 7.11 Å². The second-order valence-electron chi connectivity index (χ2n) is 5.81. The average molecular weight is 261 g/mol. The molecule has 2 atom stereocenters. The lowest BCUT2D eigenvalue weighted by Gasteiger charge is -2.49. The number of hydrogen-bond donors (Lipinski definition) is 1. The molecule has 1 aromatic carbocycles. The molecule has 2 saturated heterocycles. The van der Waals surface area contributed by atoms with Gasteiger partial charge >= 0.3 is 0 Å². The Morgan fingerprint density at radius 2 is 2.11 bits per heavy atom. The van der Waals surface area contributed by atoms with Gasteiger partial charge in [-0.05, 0) is 56.5 Å². The first-order valence-corrected chi connectivity index (χ1v) is 7.35. The molecule has 2 fully saturated rings. The van der Waals surface area contributed by atoms with Crippen molar-refractivity contribution in [3.63, 3.8) is 0 Å². The van der Waals surface area contributed by atoms with E-state index >= 15 is 0 Å². The fraction of sp³-hybridized carbons (Fsp3) is 0.625. The molecule has 0 radical (unpaired) electrons. The number of methoxy groups -OCH3 is 1. The largest absolute Gasteiger partial charge is 0.497 e. The van der Waals surface area contributed by atoms with Crippen LogP contribution in [-0.2, 0) is 5.60 Å². The number of piperidine rings is 2. The van der Waals surface area contributed by atoms with Crippen molar-refractivity contribution in [1.82, 2.24) is 4.90 Å².